The van der Waals surface area contributed by atoms with Crippen molar-refractivity contribution in [3.8, 4) is 5.75 Å². The zero-order chi connectivity index (χ0) is 17.8. The maximum absolute atomic E-state index is 12.6. The molecule has 1 heterocycles. The zero-order valence-corrected chi connectivity index (χ0v) is 14.7. The number of rotatable bonds is 6. The number of benzene rings is 1. The topological polar surface area (TPSA) is 48.9 Å². The number of ether oxygens (including phenoxy) is 1. The average molecular weight is 352 g/mol. The summed E-state index contributed by atoms with van der Waals surface area (Å²) in [6, 6.07) is 7.70. The number of nitrogens with zero attached hydrogens (tertiary/aromatic N) is 2. The molecule has 5 nitrogen and oxygen atoms in total. The molecule has 138 valence electrons. The van der Waals surface area contributed by atoms with E-state index in [1.807, 2.05) is 19.1 Å². The van der Waals surface area contributed by atoms with Gasteiger partial charge in [0, 0.05) is 31.7 Å². The monoisotopic (exact) mass is 352 g/mol. The normalized spacial score (nSPS) is 26.0. The summed E-state index contributed by atoms with van der Waals surface area (Å²) in [6.45, 7) is 3.66. The highest BCUT2D eigenvalue weighted by atomic mass is 19.3. The highest BCUT2D eigenvalue weighted by Crippen LogP contribution is 2.32. The Morgan fingerprint density at radius 1 is 1.36 bits per heavy atom. The van der Waals surface area contributed by atoms with Crippen LogP contribution in [0, 0.1) is 5.92 Å². The zero-order valence-electron chi connectivity index (χ0n) is 14.7. The van der Waals surface area contributed by atoms with E-state index in [4.69, 9.17) is 0 Å². The smallest absolute Gasteiger partial charge is 0.387 e. The summed E-state index contributed by atoms with van der Waals surface area (Å²) in [5.41, 5.74) is 0.713. The van der Waals surface area contributed by atoms with Gasteiger partial charge in [0.15, 0.2) is 5.96 Å². The second-order valence-corrected chi connectivity index (χ2v) is 6.71. The number of hydrogen-bond acceptors (Lipinski definition) is 3. The molecule has 0 spiro atoms. The number of para-hydroxylation sites is 2. The third-order valence-electron chi connectivity index (χ3n) is 4.70. The number of halogens is 2. The van der Waals surface area contributed by atoms with Crippen molar-refractivity contribution in [1.82, 2.24) is 10.6 Å². The molecule has 1 aliphatic heterocycles. The summed E-state index contributed by atoms with van der Waals surface area (Å²) in [5, 5.41) is 6.93. The quantitative estimate of drug-likeness (QED) is 0.611. The number of guanidine groups is 1. The molecule has 1 aromatic rings. The summed E-state index contributed by atoms with van der Waals surface area (Å²) < 4.78 is 29.9. The summed E-state index contributed by atoms with van der Waals surface area (Å²) >= 11 is 0. The molecule has 7 heteroatoms. The highest BCUT2D eigenvalue weighted by molar-refractivity contribution is 5.81. The predicted molar refractivity (Wildman–Crippen MR) is 95.5 cm³/mol. The SMILES string of the molecule is CCN=C(NC1CCN(c2ccccc2OC(F)F)C1)NC1CC1C. The maximum atomic E-state index is 12.6. The molecule has 1 aromatic carbocycles. The van der Waals surface area contributed by atoms with E-state index in [1.165, 1.54) is 6.42 Å². The second-order valence-electron chi connectivity index (χ2n) is 6.71. The van der Waals surface area contributed by atoms with Crippen LogP contribution in [0.5, 0.6) is 5.75 Å². The van der Waals surface area contributed by atoms with Crippen molar-refractivity contribution < 1.29 is 13.5 Å². The third-order valence-corrected chi connectivity index (χ3v) is 4.70. The third kappa shape index (κ3) is 4.74. The van der Waals surface area contributed by atoms with Gasteiger partial charge in [-0.15, -0.1) is 0 Å². The molecule has 3 unspecified atom stereocenters. The molecule has 3 rings (SSSR count). The minimum atomic E-state index is -2.81. The lowest BCUT2D eigenvalue weighted by molar-refractivity contribution is -0.0495. The number of alkyl halides is 2. The van der Waals surface area contributed by atoms with Gasteiger partial charge in [-0.05, 0) is 37.8 Å². The van der Waals surface area contributed by atoms with Crippen LogP contribution in [0.15, 0.2) is 29.3 Å². The van der Waals surface area contributed by atoms with Crippen molar-refractivity contribution in [1.29, 1.82) is 0 Å². The molecule has 2 aliphatic rings. The Balaban J connectivity index is 1.60. The van der Waals surface area contributed by atoms with Gasteiger partial charge in [-0.2, -0.15) is 8.78 Å². The summed E-state index contributed by atoms with van der Waals surface area (Å²) in [6.07, 6.45) is 2.10. The van der Waals surface area contributed by atoms with Crippen LogP contribution in [0.3, 0.4) is 0 Å². The number of hydrogen-bond donors (Lipinski definition) is 2. The van der Waals surface area contributed by atoms with E-state index in [-0.39, 0.29) is 11.8 Å². The van der Waals surface area contributed by atoms with Gasteiger partial charge in [0.2, 0.25) is 0 Å². The van der Waals surface area contributed by atoms with E-state index in [2.05, 4.69) is 32.2 Å². The van der Waals surface area contributed by atoms with E-state index in [0.29, 0.717) is 17.6 Å². The lowest BCUT2D eigenvalue weighted by Gasteiger charge is -2.22. The molecule has 0 radical (unpaired) electrons. The molecule has 3 atom stereocenters. The molecule has 1 saturated carbocycles. The second kappa shape index (κ2) is 7.89. The Hall–Kier alpha value is -2.05. The van der Waals surface area contributed by atoms with Crippen LogP contribution in [0.25, 0.3) is 0 Å². The summed E-state index contributed by atoms with van der Waals surface area (Å²) in [5.74, 6) is 1.77. The lowest BCUT2D eigenvalue weighted by atomic mass is 10.2. The summed E-state index contributed by atoms with van der Waals surface area (Å²) in [4.78, 5) is 6.59. The Morgan fingerprint density at radius 2 is 2.12 bits per heavy atom. The maximum Gasteiger partial charge on any atom is 0.387 e. The molecule has 0 bridgehead atoms. The predicted octanol–water partition coefficient (Wildman–Crippen LogP) is 2.83. The van der Waals surface area contributed by atoms with Crippen molar-refractivity contribution >= 4 is 11.6 Å². The Bertz CT molecular complexity index is 610. The molecule has 0 aromatic heterocycles. The van der Waals surface area contributed by atoms with Crippen LogP contribution in [0.2, 0.25) is 0 Å². The van der Waals surface area contributed by atoms with Gasteiger partial charge in [-0.25, -0.2) is 0 Å². The first-order chi connectivity index (χ1) is 12.1. The van der Waals surface area contributed by atoms with Gasteiger partial charge >= 0.3 is 6.61 Å². The molecule has 1 aliphatic carbocycles. The molecule has 2 fully saturated rings. The van der Waals surface area contributed by atoms with Gasteiger partial charge in [-0.1, -0.05) is 19.1 Å². The minimum Gasteiger partial charge on any atom is -0.433 e. The van der Waals surface area contributed by atoms with Crippen molar-refractivity contribution in [3.63, 3.8) is 0 Å². The Morgan fingerprint density at radius 3 is 2.80 bits per heavy atom. The largest absolute Gasteiger partial charge is 0.433 e. The lowest BCUT2D eigenvalue weighted by Crippen LogP contribution is -2.45. The number of aliphatic imine (C=N–C) groups is 1. The van der Waals surface area contributed by atoms with Crippen LogP contribution in [0.4, 0.5) is 14.5 Å². The van der Waals surface area contributed by atoms with Crippen LogP contribution in [-0.2, 0) is 0 Å². The minimum absolute atomic E-state index is 0.227. The molecule has 25 heavy (non-hydrogen) atoms. The van der Waals surface area contributed by atoms with Crippen molar-refractivity contribution in [2.75, 3.05) is 24.5 Å². The van der Waals surface area contributed by atoms with Crippen molar-refractivity contribution in [2.45, 2.75) is 45.4 Å². The Labute approximate surface area is 147 Å². The van der Waals surface area contributed by atoms with E-state index < -0.39 is 6.61 Å². The van der Waals surface area contributed by atoms with Gasteiger partial charge in [0.1, 0.15) is 5.75 Å². The fourth-order valence-electron chi connectivity index (χ4n) is 3.19. The van der Waals surface area contributed by atoms with E-state index in [0.717, 1.165) is 32.0 Å². The fourth-order valence-corrected chi connectivity index (χ4v) is 3.19. The van der Waals surface area contributed by atoms with E-state index in [9.17, 15) is 8.78 Å². The van der Waals surface area contributed by atoms with Crippen LogP contribution in [-0.4, -0.2) is 44.3 Å². The first-order valence-electron chi connectivity index (χ1n) is 8.93. The fraction of sp³-hybridized carbons (Fsp3) is 0.611. The molecular formula is C18H26F2N4O. The summed E-state index contributed by atoms with van der Waals surface area (Å²) in [7, 11) is 0. The average Bonchev–Trinajstić information content (AvgIpc) is 3.06. The van der Waals surface area contributed by atoms with Gasteiger partial charge in [-0.3, -0.25) is 4.99 Å². The number of nitrogens with one attached hydrogen (secondary N) is 2. The van der Waals surface area contributed by atoms with Crippen LogP contribution < -0.4 is 20.3 Å². The van der Waals surface area contributed by atoms with E-state index >= 15 is 0 Å². The Kier molecular flexibility index (Phi) is 5.60. The van der Waals surface area contributed by atoms with Gasteiger partial charge in [0.05, 0.1) is 5.69 Å². The first kappa shape index (κ1) is 17.8. The van der Waals surface area contributed by atoms with Crippen molar-refractivity contribution in [3.05, 3.63) is 24.3 Å². The molecule has 0 amide bonds. The molecule has 1 saturated heterocycles. The van der Waals surface area contributed by atoms with Crippen molar-refractivity contribution in [2.24, 2.45) is 10.9 Å². The van der Waals surface area contributed by atoms with Crippen LogP contribution >= 0.6 is 0 Å². The first-order valence-corrected chi connectivity index (χ1v) is 8.93. The van der Waals surface area contributed by atoms with Crippen LogP contribution in [0.1, 0.15) is 26.7 Å². The molecule has 2 N–H and O–H groups in total. The van der Waals surface area contributed by atoms with Gasteiger partial charge in [0.25, 0.3) is 0 Å². The standard InChI is InChI=1S/C18H26F2N4O/c1-3-21-18(23-14-10-12(14)2)22-13-8-9-24(11-13)15-6-4-5-7-16(15)25-17(19)20/h4-7,12-14,17H,3,8-11H2,1-2H3,(H2,21,22,23). The molecular weight excluding hydrogens is 326 g/mol. The van der Waals surface area contributed by atoms with Gasteiger partial charge < -0.3 is 20.3 Å². The van der Waals surface area contributed by atoms with E-state index in [1.54, 1.807) is 12.1 Å². The highest BCUT2D eigenvalue weighted by Gasteiger charge is 2.34. The number of anilines is 1.